The summed E-state index contributed by atoms with van der Waals surface area (Å²) in [6, 6.07) is 0. The molecular formula is C8H13BrN2O. The van der Waals surface area contributed by atoms with Crippen LogP contribution in [0.2, 0.25) is 0 Å². The van der Waals surface area contributed by atoms with Crippen LogP contribution in [0.3, 0.4) is 0 Å². The van der Waals surface area contributed by atoms with Gasteiger partial charge in [-0.2, -0.15) is 5.10 Å². The molecule has 4 heteroatoms. The molecule has 0 unspecified atom stereocenters. The fourth-order valence-electron chi connectivity index (χ4n) is 0.887. The van der Waals surface area contributed by atoms with E-state index in [0.29, 0.717) is 0 Å². The van der Waals surface area contributed by atoms with Gasteiger partial charge in [0.1, 0.15) is 0 Å². The number of H-pyrrole nitrogens is 1. The van der Waals surface area contributed by atoms with Gasteiger partial charge >= 0.3 is 0 Å². The molecule has 12 heavy (non-hydrogen) atoms. The number of hydrogen-bond acceptors (Lipinski definition) is 2. The molecule has 1 aromatic rings. The van der Waals surface area contributed by atoms with Crippen LogP contribution >= 0.6 is 15.9 Å². The van der Waals surface area contributed by atoms with Crippen LogP contribution in [-0.2, 0) is 0 Å². The Morgan fingerprint density at radius 2 is 2.42 bits per heavy atom. The Kier molecular flexibility index (Phi) is 4.14. The van der Waals surface area contributed by atoms with Gasteiger partial charge in [-0.3, -0.25) is 0 Å². The van der Waals surface area contributed by atoms with E-state index < -0.39 is 0 Å². The Morgan fingerprint density at radius 1 is 1.58 bits per heavy atom. The third-order valence-corrected chi connectivity index (χ3v) is 2.12. The Morgan fingerprint density at radius 3 is 3.00 bits per heavy atom. The number of halogens is 1. The molecule has 0 aromatic carbocycles. The minimum absolute atomic E-state index is 0.728. The highest BCUT2D eigenvalue weighted by atomic mass is 79.9. The van der Waals surface area contributed by atoms with Crippen LogP contribution in [0.15, 0.2) is 10.7 Å². The molecule has 0 radical (unpaired) electrons. The van der Waals surface area contributed by atoms with Crippen molar-refractivity contribution in [2.75, 3.05) is 6.61 Å². The number of aromatic amines is 1. The maximum Gasteiger partial charge on any atom is 0.223 e. The molecule has 0 saturated carbocycles. The van der Waals surface area contributed by atoms with Crippen LogP contribution in [0, 0.1) is 0 Å². The fraction of sp³-hybridized carbons (Fsp3) is 0.625. The topological polar surface area (TPSA) is 37.9 Å². The largest absolute Gasteiger partial charge is 0.477 e. The summed E-state index contributed by atoms with van der Waals surface area (Å²) < 4.78 is 6.30. The normalized spacial score (nSPS) is 10.2. The van der Waals surface area contributed by atoms with Gasteiger partial charge in [-0.1, -0.05) is 19.8 Å². The van der Waals surface area contributed by atoms with Crippen molar-refractivity contribution >= 4 is 15.9 Å². The zero-order valence-electron chi connectivity index (χ0n) is 7.14. The zero-order chi connectivity index (χ0) is 8.81. The van der Waals surface area contributed by atoms with Crippen LogP contribution < -0.4 is 4.74 Å². The number of nitrogens with zero attached hydrogens (tertiary/aromatic N) is 1. The van der Waals surface area contributed by atoms with Crippen molar-refractivity contribution in [1.29, 1.82) is 0 Å². The molecule has 0 fully saturated rings. The molecule has 0 aliphatic rings. The first kappa shape index (κ1) is 9.58. The lowest BCUT2D eigenvalue weighted by Gasteiger charge is -2.02. The third kappa shape index (κ3) is 2.85. The van der Waals surface area contributed by atoms with Gasteiger partial charge in [0.05, 0.1) is 17.3 Å². The molecule has 68 valence electrons. The Bertz CT molecular complexity index is 225. The monoisotopic (exact) mass is 232 g/mol. The van der Waals surface area contributed by atoms with E-state index in [2.05, 4.69) is 33.1 Å². The van der Waals surface area contributed by atoms with Crippen molar-refractivity contribution in [3.05, 3.63) is 10.7 Å². The van der Waals surface area contributed by atoms with E-state index in [1.54, 1.807) is 6.20 Å². The summed E-state index contributed by atoms with van der Waals surface area (Å²) in [7, 11) is 0. The van der Waals surface area contributed by atoms with Gasteiger partial charge in [0, 0.05) is 0 Å². The molecule has 1 rings (SSSR count). The van der Waals surface area contributed by atoms with Crippen molar-refractivity contribution in [3.8, 4) is 5.88 Å². The van der Waals surface area contributed by atoms with Crippen molar-refractivity contribution in [2.24, 2.45) is 0 Å². The second-order valence-electron chi connectivity index (χ2n) is 2.60. The van der Waals surface area contributed by atoms with Gasteiger partial charge in [-0.05, 0) is 22.4 Å². The first-order valence-corrected chi connectivity index (χ1v) is 4.95. The minimum atomic E-state index is 0.728. The van der Waals surface area contributed by atoms with E-state index in [9.17, 15) is 0 Å². The molecule has 0 aliphatic carbocycles. The summed E-state index contributed by atoms with van der Waals surface area (Å²) in [6.07, 6.45) is 5.22. The van der Waals surface area contributed by atoms with E-state index >= 15 is 0 Å². The molecule has 0 amide bonds. The number of ether oxygens (including phenoxy) is 1. The highest BCUT2D eigenvalue weighted by Crippen LogP contribution is 2.20. The standard InChI is InChI=1S/C8H13BrN2O/c1-2-3-4-5-12-8-7(9)6-10-11-8/h6H,2-5H2,1H3,(H,10,11). The lowest BCUT2D eigenvalue weighted by molar-refractivity contribution is 0.293. The van der Waals surface area contributed by atoms with Gasteiger partial charge in [-0.15, -0.1) is 0 Å². The molecule has 1 heterocycles. The molecule has 0 saturated heterocycles. The molecule has 3 nitrogen and oxygen atoms in total. The summed E-state index contributed by atoms with van der Waals surface area (Å²) in [5.74, 6) is 0.728. The smallest absolute Gasteiger partial charge is 0.223 e. The second-order valence-corrected chi connectivity index (χ2v) is 3.46. The molecule has 0 bridgehead atoms. The van der Waals surface area contributed by atoms with Crippen LogP contribution in [0.4, 0.5) is 0 Å². The van der Waals surface area contributed by atoms with Crippen molar-refractivity contribution in [1.82, 2.24) is 10.2 Å². The molecular weight excluding hydrogens is 220 g/mol. The van der Waals surface area contributed by atoms with Crippen LogP contribution in [0.1, 0.15) is 26.2 Å². The summed E-state index contributed by atoms with van der Waals surface area (Å²) >= 11 is 3.32. The zero-order valence-corrected chi connectivity index (χ0v) is 8.73. The van der Waals surface area contributed by atoms with Gasteiger partial charge in [-0.25, -0.2) is 5.10 Å². The summed E-state index contributed by atoms with van der Waals surface area (Å²) in [4.78, 5) is 0. The first-order valence-electron chi connectivity index (χ1n) is 4.16. The van der Waals surface area contributed by atoms with Crippen LogP contribution in [0.25, 0.3) is 0 Å². The third-order valence-electron chi connectivity index (χ3n) is 1.56. The number of hydrogen-bond donors (Lipinski definition) is 1. The van der Waals surface area contributed by atoms with Crippen molar-refractivity contribution in [3.63, 3.8) is 0 Å². The quantitative estimate of drug-likeness (QED) is 0.794. The predicted octanol–water partition coefficient (Wildman–Crippen LogP) is 2.74. The molecule has 0 spiro atoms. The Hall–Kier alpha value is -0.510. The molecule has 1 aromatic heterocycles. The summed E-state index contributed by atoms with van der Waals surface area (Å²) in [5, 5.41) is 6.59. The number of unbranched alkanes of at least 4 members (excludes halogenated alkanes) is 2. The lowest BCUT2D eigenvalue weighted by Crippen LogP contribution is -1.97. The maximum atomic E-state index is 5.41. The van der Waals surface area contributed by atoms with E-state index in [1.807, 2.05) is 0 Å². The van der Waals surface area contributed by atoms with Crippen molar-refractivity contribution < 1.29 is 4.74 Å². The summed E-state index contributed by atoms with van der Waals surface area (Å²) in [5.41, 5.74) is 0. The molecule has 1 N–H and O–H groups in total. The van der Waals surface area contributed by atoms with Gasteiger partial charge < -0.3 is 4.74 Å². The van der Waals surface area contributed by atoms with Gasteiger partial charge in [0.2, 0.25) is 5.88 Å². The Balaban J connectivity index is 2.20. The second kappa shape index (κ2) is 5.19. The fourth-order valence-corrected chi connectivity index (χ4v) is 1.19. The average molecular weight is 233 g/mol. The molecule has 0 aliphatic heterocycles. The van der Waals surface area contributed by atoms with Gasteiger partial charge in [0.15, 0.2) is 0 Å². The Labute approximate surface area is 80.6 Å². The van der Waals surface area contributed by atoms with E-state index in [1.165, 1.54) is 12.8 Å². The number of aromatic nitrogens is 2. The SMILES string of the molecule is CCCCCOc1[nH]ncc1Br. The van der Waals surface area contributed by atoms with E-state index in [4.69, 9.17) is 4.74 Å². The average Bonchev–Trinajstić information content (AvgIpc) is 2.46. The molecule has 0 atom stereocenters. The van der Waals surface area contributed by atoms with E-state index in [0.717, 1.165) is 23.4 Å². The number of nitrogens with one attached hydrogen (secondary N) is 1. The summed E-state index contributed by atoms with van der Waals surface area (Å²) in [6.45, 7) is 2.93. The van der Waals surface area contributed by atoms with Crippen molar-refractivity contribution in [2.45, 2.75) is 26.2 Å². The first-order chi connectivity index (χ1) is 5.84. The van der Waals surface area contributed by atoms with E-state index in [-0.39, 0.29) is 0 Å². The number of rotatable bonds is 5. The maximum absolute atomic E-state index is 5.41. The lowest BCUT2D eigenvalue weighted by atomic mass is 10.3. The minimum Gasteiger partial charge on any atom is -0.477 e. The predicted molar refractivity (Wildman–Crippen MR) is 51.3 cm³/mol. The van der Waals surface area contributed by atoms with Gasteiger partial charge in [0.25, 0.3) is 0 Å². The highest BCUT2D eigenvalue weighted by molar-refractivity contribution is 9.10. The van der Waals surface area contributed by atoms with Crippen LogP contribution in [0.5, 0.6) is 5.88 Å². The van der Waals surface area contributed by atoms with Crippen LogP contribution in [-0.4, -0.2) is 16.8 Å². The highest BCUT2D eigenvalue weighted by Gasteiger charge is 2.00.